The molecule has 6 heteroatoms. The molecule has 0 radical (unpaired) electrons. The van der Waals surface area contributed by atoms with Crippen molar-refractivity contribution in [3.63, 3.8) is 0 Å². The second kappa shape index (κ2) is 6.62. The van der Waals surface area contributed by atoms with Gasteiger partial charge in [0.2, 0.25) is 0 Å². The Morgan fingerprint density at radius 3 is 2.57 bits per heavy atom. The molecule has 0 atom stereocenters. The van der Waals surface area contributed by atoms with Crippen molar-refractivity contribution in [3.05, 3.63) is 56.3 Å². The van der Waals surface area contributed by atoms with Gasteiger partial charge < -0.3 is 9.30 Å². The summed E-state index contributed by atoms with van der Waals surface area (Å²) in [6, 6.07) is 4.99. The smallest absolute Gasteiger partial charge is 0.320 e. The molecule has 0 spiro atoms. The van der Waals surface area contributed by atoms with Crippen LogP contribution in [0.3, 0.4) is 0 Å². The minimum Gasteiger partial charge on any atom is -0.495 e. The monoisotopic (exact) mass is 334 g/mol. The lowest BCUT2D eigenvalue weighted by molar-refractivity contribution is 0.415. The van der Waals surface area contributed by atoms with Crippen LogP contribution in [-0.2, 0) is 6.54 Å². The van der Waals surface area contributed by atoms with Crippen LogP contribution in [0.4, 0.5) is 0 Å². The third-order valence-electron chi connectivity index (χ3n) is 4.40. The Labute approximate surface area is 139 Å². The maximum atomic E-state index is 12.4. The van der Waals surface area contributed by atoms with Crippen molar-refractivity contribution < 1.29 is 4.74 Å². The van der Waals surface area contributed by atoms with E-state index in [1.54, 1.807) is 30.6 Å². The topological polar surface area (TPSA) is 53.2 Å². The number of ether oxygens (including phenoxy) is 1. The summed E-state index contributed by atoms with van der Waals surface area (Å²) in [5, 5.41) is 0.395. The maximum absolute atomic E-state index is 12.4. The largest absolute Gasteiger partial charge is 0.495 e. The minimum atomic E-state index is -0.563. The molecular weight excluding hydrogens is 316 g/mol. The number of nitrogens with zero attached hydrogens (tertiary/aromatic N) is 2. The number of aromatic nitrogens is 2. The number of benzene rings is 1. The molecule has 1 fully saturated rings. The first-order valence-electron chi connectivity index (χ1n) is 7.76. The van der Waals surface area contributed by atoms with Crippen molar-refractivity contribution in [1.82, 2.24) is 9.13 Å². The fourth-order valence-electron chi connectivity index (χ4n) is 3.13. The Morgan fingerprint density at radius 2 is 1.91 bits per heavy atom. The predicted octanol–water partition coefficient (Wildman–Crippen LogP) is 2.85. The van der Waals surface area contributed by atoms with Crippen LogP contribution in [0, 0.1) is 5.92 Å². The van der Waals surface area contributed by atoms with E-state index in [-0.39, 0.29) is 0 Å². The summed E-state index contributed by atoms with van der Waals surface area (Å²) >= 11 is 6.09. The van der Waals surface area contributed by atoms with E-state index in [1.165, 1.54) is 29.1 Å². The van der Waals surface area contributed by atoms with Gasteiger partial charge in [-0.15, -0.1) is 0 Å². The zero-order valence-electron chi connectivity index (χ0n) is 13.0. The van der Waals surface area contributed by atoms with Crippen LogP contribution in [0.5, 0.6) is 5.75 Å². The highest BCUT2D eigenvalue weighted by atomic mass is 35.5. The number of hydrogen-bond donors (Lipinski definition) is 0. The molecule has 1 aromatic heterocycles. The van der Waals surface area contributed by atoms with Gasteiger partial charge in [-0.05, 0) is 37.0 Å². The van der Waals surface area contributed by atoms with E-state index in [4.69, 9.17) is 16.3 Å². The highest BCUT2D eigenvalue weighted by Gasteiger charge is 2.17. The molecule has 0 amide bonds. The average Bonchev–Trinajstić information content (AvgIpc) is 3.05. The molecule has 0 unspecified atom stereocenters. The Balaban J connectivity index is 1.95. The highest BCUT2D eigenvalue weighted by Crippen LogP contribution is 2.26. The predicted molar refractivity (Wildman–Crippen MR) is 89.8 cm³/mol. The molecule has 1 aliphatic rings. The second-order valence-corrected chi connectivity index (χ2v) is 6.31. The van der Waals surface area contributed by atoms with E-state index in [1.807, 2.05) is 0 Å². The zero-order chi connectivity index (χ0) is 16.4. The van der Waals surface area contributed by atoms with Gasteiger partial charge in [0.15, 0.2) is 0 Å². The van der Waals surface area contributed by atoms with Gasteiger partial charge in [0.25, 0.3) is 0 Å². The Morgan fingerprint density at radius 1 is 1.17 bits per heavy atom. The van der Waals surface area contributed by atoms with Gasteiger partial charge >= 0.3 is 11.1 Å². The first kappa shape index (κ1) is 15.9. The Hall–Kier alpha value is -2.01. The minimum absolute atomic E-state index is 0.395. The number of halogens is 1. The van der Waals surface area contributed by atoms with Crippen LogP contribution in [0.1, 0.15) is 25.7 Å². The van der Waals surface area contributed by atoms with E-state index in [9.17, 15) is 9.59 Å². The van der Waals surface area contributed by atoms with Crippen LogP contribution in [0.15, 0.2) is 40.2 Å². The van der Waals surface area contributed by atoms with Gasteiger partial charge in [0.05, 0.1) is 17.8 Å². The Kier molecular flexibility index (Phi) is 4.57. The quantitative estimate of drug-likeness (QED) is 0.808. The lowest BCUT2D eigenvalue weighted by Gasteiger charge is -2.13. The molecule has 0 aliphatic heterocycles. The van der Waals surface area contributed by atoms with Crippen molar-refractivity contribution in [2.45, 2.75) is 32.2 Å². The van der Waals surface area contributed by atoms with Gasteiger partial charge in [-0.25, -0.2) is 0 Å². The molecule has 122 valence electrons. The second-order valence-electron chi connectivity index (χ2n) is 5.90. The molecule has 0 N–H and O–H groups in total. The van der Waals surface area contributed by atoms with Crippen LogP contribution in [0.25, 0.3) is 5.69 Å². The molecule has 3 rings (SSSR count). The standard InChI is InChI=1S/C17H19ClN2O3/c1-23-15-7-6-13(10-14(15)18)20-9-8-19(16(21)17(20)22)11-12-4-2-3-5-12/h6-10,12H,2-5,11H2,1H3. The average molecular weight is 335 g/mol. The molecule has 1 heterocycles. The molecule has 5 nitrogen and oxygen atoms in total. The van der Waals surface area contributed by atoms with Crippen LogP contribution in [0.2, 0.25) is 5.02 Å². The third kappa shape index (κ3) is 3.20. The number of methoxy groups -OCH3 is 1. The molecule has 23 heavy (non-hydrogen) atoms. The molecule has 1 aliphatic carbocycles. The van der Waals surface area contributed by atoms with Crippen molar-refractivity contribution >= 4 is 11.6 Å². The molecule has 1 aromatic carbocycles. The summed E-state index contributed by atoms with van der Waals surface area (Å²) in [5.74, 6) is 1.02. The third-order valence-corrected chi connectivity index (χ3v) is 4.70. The maximum Gasteiger partial charge on any atom is 0.320 e. The molecule has 2 aromatic rings. The first-order chi connectivity index (χ1) is 11.1. The lowest BCUT2D eigenvalue weighted by atomic mass is 10.1. The fourth-order valence-corrected chi connectivity index (χ4v) is 3.38. The van der Waals surface area contributed by atoms with Crippen LogP contribution >= 0.6 is 11.6 Å². The summed E-state index contributed by atoms with van der Waals surface area (Å²) < 4.78 is 7.94. The van der Waals surface area contributed by atoms with E-state index in [0.717, 1.165) is 12.8 Å². The summed E-state index contributed by atoms with van der Waals surface area (Å²) in [6.07, 6.45) is 7.98. The van der Waals surface area contributed by atoms with Crippen LogP contribution in [-0.4, -0.2) is 16.2 Å². The van der Waals surface area contributed by atoms with E-state index >= 15 is 0 Å². The summed E-state index contributed by atoms with van der Waals surface area (Å²) in [5.41, 5.74) is -0.510. The SMILES string of the molecule is COc1ccc(-n2ccn(CC3CCCC3)c(=O)c2=O)cc1Cl. The van der Waals surface area contributed by atoms with Crippen molar-refractivity contribution in [2.24, 2.45) is 5.92 Å². The normalized spacial score (nSPS) is 15.0. The van der Waals surface area contributed by atoms with Crippen molar-refractivity contribution in [3.8, 4) is 11.4 Å². The fraction of sp³-hybridized carbons (Fsp3) is 0.412. The molecular formula is C17H19ClN2O3. The lowest BCUT2D eigenvalue weighted by Crippen LogP contribution is -2.40. The van der Waals surface area contributed by atoms with Crippen molar-refractivity contribution in [2.75, 3.05) is 7.11 Å². The first-order valence-corrected chi connectivity index (χ1v) is 8.14. The van der Waals surface area contributed by atoms with E-state index in [0.29, 0.717) is 28.9 Å². The Bertz CT molecular complexity index is 819. The zero-order valence-corrected chi connectivity index (χ0v) is 13.8. The molecule has 0 bridgehead atoms. The summed E-state index contributed by atoms with van der Waals surface area (Å²) in [7, 11) is 1.53. The van der Waals surface area contributed by atoms with Gasteiger partial charge in [0.1, 0.15) is 5.75 Å². The van der Waals surface area contributed by atoms with Crippen molar-refractivity contribution in [1.29, 1.82) is 0 Å². The summed E-state index contributed by atoms with van der Waals surface area (Å²) in [6.45, 7) is 0.623. The summed E-state index contributed by atoms with van der Waals surface area (Å²) in [4.78, 5) is 24.7. The highest BCUT2D eigenvalue weighted by molar-refractivity contribution is 6.32. The van der Waals surface area contributed by atoms with Crippen LogP contribution < -0.4 is 15.9 Å². The van der Waals surface area contributed by atoms with Gasteiger partial charge in [-0.1, -0.05) is 24.4 Å². The molecule has 0 saturated heterocycles. The van der Waals surface area contributed by atoms with Gasteiger partial charge in [0, 0.05) is 18.9 Å². The van der Waals surface area contributed by atoms with Gasteiger partial charge in [-0.2, -0.15) is 0 Å². The van der Waals surface area contributed by atoms with E-state index < -0.39 is 11.1 Å². The van der Waals surface area contributed by atoms with E-state index in [2.05, 4.69) is 0 Å². The van der Waals surface area contributed by atoms with Gasteiger partial charge in [-0.3, -0.25) is 14.2 Å². The molecule has 1 saturated carbocycles. The number of hydrogen-bond acceptors (Lipinski definition) is 3. The number of rotatable bonds is 4.